The molecule has 0 bridgehead atoms. The van der Waals surface area contributed by atoms with E-state index in [1.54, 1.807) is 13.0 Å². The van der Waals surface area contributed by atoms with Crippen LogP contribution in [0, 0.1) is 6.92 Å². The standard InChI is InChI=1S/C8H13N3O2/c1-6-5-7(11-13-6)8(12)10-4-2-3-9/h5H,2-4,9H2,1H3,(H,10,12)/p+1. The third-order valence-electron chi connectivity index (χ3n) is 1.57. The number of nitrogens with one attached hydrogen (secondary N) is 1. The van der Waals surface area contributed by atoms with Gasteiger partial charge in [-0.1, -0.05) is 5.16 Å². The predicted molar refractivity (Wildman–Crippen MR) is 45.9 cm³/mol. The van der Waals surface area contributed by atoms with Gasteiger partial charge in [0, 0.05) is 19.0 Å². The number of aromatic nitrogens is 1. The van der Waals surface area contributed by atoms with E-state index in [0.29, 0.717) is 18.0 Å². The topological polar surface area (TPSA) is 82.8 Å². The monoisotopic (exact) mass is 184 g/mol. The third kappa shape index (κ3) is 2.87. The summed E-state index contributed by atoms with van der Waals surface area (Å²) in [6, 6.07) is 1.61. The van der Waals surface area contributed by atoms with Gasteiger partial charge in [-0.3, -0.25) is 4.79 Å². The average molecular weight is 184 g/mol. The molecule has 1 aromatic heterocycles. The second-order valence-corrected chi connectivity index (χ2v) is 2.79. The van der Waals surface area contributed by atoms with Crippen LogP contribution in [-0.2, 0) is 0 Å². The SMILES string of the molecule is Cc1cc(C(=O)NCCC[NH3+])no1. The zero-order valence-corrected chi connectivity index (χ0v) is 7.67. The van der Waals surface area contributed by atoms with Crippen molar-refractivity contribution in [2.75, 3.05) is 13.1 Å². The molecule has 4 N–H and O–H groups in total. The summed E-state index contributed by atoms with van der Waals surface area (Å²) in [5.74, 6) is 0.451. The number of aryl methyl sites for hydroxylation is 1. The van der Waals surface area contributed by atoms with Crippen LogP contribution in [0.1, 0.15) is 22.7 Å². The second-order valence-electron chi connectivity index (χ2n) is 2.79. The van der Waals surface area contributed by atoms with Crippen molar-refractivity contribution in [3.63, 3.8) is 0 Å². The molecule has 0 saturated heterocycles. The Bertz CT molecular complexity index is 283. The van der Waals surface area contributed by atoms with Crippen LogP contribution in [0.5, 0.6) is 0 Å². The molecular weight excluding hydrogens is 170 g/mol. The van der Waals surface area contributed by atoms with Gasteiger partial charge >= 0.3 is 0 Å². The van der Waals surface area contributed by atoms with E-state index in [9.17, 15) is 4.79 Å². The van der Waals surface area contributed by atoms with Crippen LogP contribution in [0.3, 0.4) is 0 Å². The number of carbonyl (C=O) groups is 1. The predicted octanol–water partition coefficient (Wildman–Crippen LogP) is -0.655. The van der Waals surface area contributed by atoms with Crippen molar-refractivity contribution < 1.29 is 15.1 Å². The summed E-state index contributed by atoms with van der Waals surface area (Å²) < 4.78 is 4.77. The maximum atomic E-state index is 11.3. The number of quaternary nitrogens is 1. The Balaban J connectivity index is 2.40. The summed E-state index contributed by atoms with van der Waals surface area (Å²) in [6.45, 7) is 3.20. The van der Waals surface area contributed by atoms with Gasteiger partial charge in [-0.2, -0.15) is 0 Å². The van der Waals surface area contributed by atoms with Crippen molar-refractivity contribution in [1.29, 1.82) is 0 Å². The summed E-state index contributed by atoms with van der Waals surface area (Å²) in [5.41, 5.74) is 4.01. The van der Waals surface area contributed by atoms with Gasteiger partial charge in [0.2, 0.25) is 0 Å². The summed E-state index contributed by atoms with van der Waals surface area (Å²) in [4.78, 5) is 11.3. The molecule has 0 aliphatic carbocycles. The van der Waals surface area contributed by atoms with Crippen molar-refractivity contribution in [2.24, 2.45) is 0 Å². The molecule has 0 aromatic carbocycles. The van der Waals surface area contributed by atoms with Gasteiger partial charge in [-0.15, -0.1) is 0 Å². The summed E-state index contributed by atoms with van der Waals surface area (Å²) in [7, 11) is 0. The van der Waals surface area contributed by atoms with Crippen LogP contribution in [0.2, 0.25) is 0 Å². The molecule has 13 heavy (non-hydrogen) atoms. The molecule has 5 heteroatoms. The van der Waals surface area contributed by atoms with Gasteiger partial charge < -0.3 is 15.6 Å². The molecule has 0 fully saturated rings. The van der Waals surface area contributed by atoms with Crippen molar-refractivity contribution in [2.45, 2.75) is 13.3 Å². The Labute approximate surface area is 76.3 Å². The van der Waals surface area contributed by atoms with Crippen molar-refractivity contribution in [3.05, 3.63) is 17.5 Å². The lowest BCUT2D eigenvalue weighted by Gasteiger charge is -1.98. The normalized spacial score (nSPS) is 10.0. The van der Waals surface area contributed by atoms with Crippen molar-refractivity contribution in [3.8, 4) is 0 Å². The van der Waals surface area contributed by atoms with Gasteiger partial charge in [0.1, 0.15) is 5.76 Å². The van der Waals surface area contributed by atoms with Gasteiger partial charge in [0.05, 0.1) is 6.54 Å². The molecule has 0 radical (unpaired) electrons. The van der Waals surface area contributed by atoms with E-state index in [2.05, 4.69) is 16.2 Å². The Hall–Kier alpha value is -1.36. The van der Waals surface area contributed by atoms with Crippen molar-refractivity contribution in [1.82, 2.24) is 10.5 Å². The lowest BCUT2D eigenvalue weighted by Crippen LogP contribution is -2.51. The van der Waals surface area contributed by atoms with Gasteiger partial charge in [-0.05, 0) is 6.92 Å². The highest BCUT2D eigenvalue weighted by Gasteiger charge is 2.09. The lowest BCUT2D eigenvalue weighted by molar-refractivity contribution is -0.367. The van der Waals surface area contributed by atoms with Crippen LogP contribution in [0.25, 0.3) is 0 Å². The van der Waals surface area contributed by atoms with E-state index in [4.69, 9.17) is 4.52 Å². The molecule has 0 aliphatic heterocycles. The molecule has 1 rings (SSSR count). The fourth-order valence-corrected chi connectivity index (χ4v) is 0.891. The molecular formula is C8H14N3O2+. The molecule has 72 valence electrons. The van der Waals surface area contributed by atoms with Crippen LogP contribution in [-0.4, -0.2) is 24.2 Å². The van der Waals surface area contributed by atoms with E-state index in [1.807, 2.05) is 0 Å². The maximum absolute atomic E-state index is 11.3. The molecule has 0 saturated carbocycles. The van der Waals surface area contributed by atoms with E-state index < -0.39 is 0 Å². The van der Waals surface area contributed by atoms with Crippen molar-refractivity contribution >= 4 is 5.91 Å². The highest BCUT2D eigenvalue weighted by molar-refractivity contribution is 5.92. The number of nitrogens with zero attached hydrogens (tertiary/aromatic N) is 1. The number of hydrogen-bond donors (Lipinski definition) is 2. The highest BCUT2D eigenvalue weighted by atomic mass is 16.5. The van der Waals surface area contributed by atoms with Gasteiger partial charge in [0.15, 0.2) is 5.69 Å². The Morgan fingerprint density at radius 2 is 2.54 bits per heavy atom. The van der Waals surface area contributed by atoms with E-state index in [-0.39, 0.29) is 5.91 Å². The molecule has 1 amide bonds. The summed E-state index contributed by atoms with van der Waals surface area (Å²) in [5, 5.41) is 6.30. The Morgan fingerprint density at radius 1 is 1.77 bits per heavy atom. The minimum atomic E-state index is -0.190. The van der Waals surface area contributed by atoms with E-state index >= 15 is 0 Å². The number of amides is 1. The Morgan fingerprint density at radius 3 is 3.08 bits per heavy atom. The molecule has 5 nitrogen and oxygen atoms in total. The fraction of sp³-hybridized carbons (Fsp3) is 0.500. The van der Waals surface area contributed by atoms with E-state index in [0.717, 1.165) is 13.0 Å². The maximum Gasteiger partial charge on any atom is 0.273 e. The zero-order chi connectivity index (χ0) is 9.68. The average Bonchev–Trinajstić information content (AvgIpc) is 2.52. The van der Waals surface area contributed by atoms with Gasteiger partial charge in [-0.25, -0.2) is 0 Å². The van der Waals surface area contributed by atoms with Crippen LogP contribution in [0.15, 0.2) is 10.6 Å². The number of carbonyl (C=O) groups excluding carboxylic acids is 1. The van der Waals surface area contributed by atoms with Crippen LogP contribution >= 0.6 is 0 Å². The zero-order valence-electron chi connectivity index (χ0n) is 7.67. The molecule has 0 aliphatic rings. The first-order valence-electron chi connectivity index (χ1n) is 4.25. The summed E-state index contributed by atoms with van der Waals surface area (Å²) >= 11 is 0. The molecule has 0 atom stereocenters. The third-order valence-corrected chi connectivity index (χ3v) is 1.57. The largest absolute Gasteiger partial charge is 0.361 e. The minimum absolute atomic E-state index is 0.190. The first-order chi connectivity index (χ1) is 6.24. The smallest absolute Gasteiger partial charge is 0.273 e. The summed E-state index contributed by atoms with van der Waals surface area (Å²) in [6.07, 6.45) is 0.878. The minimum Gasteiger partial charge on any atom is -0.361 e. The molecule has 0 spiro atoms. The lowest BCUT2D eigenvalue weighted by atomic mass is 10.3. The Kier molecular flexibility index (Phi) is 3.45. The van der Waals surface area contributed by atoms with Gasteiger partial charge in [0.25, 0.3) is 5.91 Å². The molecule has 0 unspecified atom stereocenters. The van der Waals surface area contributed by atoms with Crippen LogP contribution < -0.4 is 11.1 Å². The quantitative estimate of drug-likeness (QED) is 0.610. The molecule has 1 aromatic rings. The number of hydrogen-bond acceptors (Lipinski definition) is 3. The fourth-order valence-electron chi connectivity index (χ4n) is 0.891. The number of rotatable bonds is 4. The molecule has 1 heterocycles. The first-order valence-corrected chi connectivity index (χ1v) is 4.25. The second kappa shape index (κ2) is 4.61. The first kappa shape index (κ1) is 9.73. The highest BCUT2D eigenvalue weighted by Crippen LogP contribution is 2.00. The van der Waals surface area contributed by atoms with E-state index in [1.165, 1.54) is 0 Å². The van der Waals surface area contributed by atoms with Crippen LogP contribution in [0.4, 0.5) is 0 Å².